The molecule has 0 aliphatic carbocycles. The topological polar surface area (TPSA) is 61.9 Å². The van der Waals surface area contributed by atoms with Gasteiger partial charge in [0.25, 0.3) is 0 Å². The maximum absolute atomic E-state index is 12.8. The van der Waals surface area contributed by atoms with Crippen LogP contribution in [-0.2, 0) is 9.59 Å². The number of nitrogens with zero attached hydrogens (tertiary/aromatic N) is 2. The summed E-state index contributed by atoms with van der Waals surface area (Å²) in [6.07, 6.45) is 6.54. The van der Waals surface area contributed by atoms with E-state index in [1.807, 2.05) is 24.3 Å². The Kier molecular flexibility index (Phi) is 5.85. The highest BCUT2D eigenvalue weighted by Crippen LogP contribution is 2.33. The number of hydrogen-bond acceptors (Lipinski definition) is 4. The lowest BCUT2D eigenvalue weighted by atomic mass is 9.83. The van der Waals surface area contributed by atoms with Crippen LogP contribution in [0.25, 0.3) is 0 Å². The number of anilines is 1. The Morgan fingerprint density at radius 3 is 2.86 bits per heavy atom. The molecule has 0 bridgehead atoms. The van der Waals surface area contributed by atoms with Crippen LogP contribution in [0.1, 0.15) is 38.5 Å². The number of fused-ring (bicyclic) bond motifs is 1. The molecule has 0 saturated carbocycles. The van der Waals surface area contributed by atoms with Crippen LogP contribution in [0, 0.1) is 11.8 Å². The predicted molar refractivity (Wildman–Crippen MR) is 108 cm³/mol. The highest BCUT2D eigenvalue weighted by Gasteiger charge is 2.37. The Morgan fingerprint density at radius 1 is 1.18 bits per heavy atom. The van der Waals surface area contributed by atoms with Gasteiger partial charge in [0, 0.05) is 25.6 Å². The maximum Gasteiger partial charge on any atom is 0.227 e. The molecular weight excluding hydrogens is 354 g/mol. The number of nitrogens with one attached hydrogen (secondary N) is 1. The first kappa shape index (κ1) is 19.2. The largest absolute Gasteiger partial charge is 0.495 e. The molecule has 3 fully saturated rings. The fraction of sp³-hybridized carbons (Fsp3) is 0.636. The van der Waals surface area contributed by atoms with Gasteiger partial charge in [-0.05, 0) is 56.8 Å². The Bertz CT molecular complexity index is 721. The maximum atomic E-state index is 12.8. The minimum absolute atomic E-state index is 0.0127. The van der Waals surface area contributed by atoms with Gasteiger partial charge >= 0.3 is 0 Å². The third kappa shape index (κ3) is 3.88. The zero-order valence-electron chi connectivity index (χ0n) is 16.7. The lowest BCUT2D eigenvalue weighted by Crippen LogP contribution is -2.51. The van der Waals surface area contributed by atoms with Gasteiger partial charge in [-0.2, -0.15) is 0 Å². The van der Waals surface area contributed by atoms with Gasteiger partial charge in [-0.1, -0.05) is 18.6 Å². The van der Waals surface area contributed by atoms with Crippen LogP contribution in [-0.4, -0.2) is 56.0 Å². The number of piperidine rings is 2. The number of carbonyl (C=O) groups excluding carboxylic acids is 2. The van der Waals surface area contributed by atoms with E-state index >= 15 is 0 Å². The molecule has 3 heterocycles. The number of benzene rings is 1. The summed E-state index contributed by atoms with van der Waals surface area (Å²) in [5.74, 6) is 0.917. The van der Waals surface area contributed by atoms with Gasteiger partial charge in [-0.25, -0.2) is 0 Å². The van der Waals surface area contributed by atoms with Crippen molar-refractivity contribution in [3.8, 4) is 5.75 Å². The van der Waals surface area contributed by atoms with Gasteiger partial charge in [0.05, 0.1) is 18.7 Å². The summed E-state index contributed by atoms with van der Waals surface area (Å²) in [6.45, 7) is 3.57. The Hall–Kier alpha value is -2.08. The van der Waals surface area contributed by atoms with E-state index in [4.69, 9.17) is 4.74 Å². The van der Waals surface area contributed by atoms with E-state index in [-0.39, 0.29) is 24.2 Å². The second-order valence-corrected chi connectivity index (χ2v) is 8.32. The number of methoxy groups -OCH3 is 1. The van der Waals surface area contributed by atoms with Crippen molar-refractivity contribution in [3.05, 3.63) is 24.3 Å². The average Bonchev–Trinajstić information content (AvgIpc) is 3.13. The van der Waals surface area contributed by atoms with Crippen molar-refractivity contribution in [1.82, 2.24) is 10.2 Å². The lowest BCUT2D eigenvalue weighted by Gasteiger charge is -2.44. The number of amides is 2. The molecule has 3 atom stereocenters. The molecule has 6 heteroatoms. The molecule has 6 nitrogen and oxygen atoms in total. The molecule has 2 amide bonds. The van der Waals surface area contributed by atoms with Crippen molar-refractivity contribution < 1.29 is 14.3 Å². The van der Waals surface area contributed by atoms with Crippen molar-refractivity contribution in [2.75, 3.05) is 38.2 Å². The highest BCUT2D eigenvalue weighted by atomic mass is 16.5. The fourth-order valence-corrected chi connectivity index (χ4v) is 5.16. The van der Waals surface area contributed by atoms with E-state index in [0.29, 0.717) is 24.3 Å². The summed E-state index contributed by atoms with van der Waals surface area (Å²) in [6, 6.07) is 8.10. The molecule has 0 radical (unpaired) electrons. The molecule has 0 aromatic heterocycles. The monoisotopic (exact) mass is 385 g/mol. The van der Waals surface area contributed by atoms with Crippen LogP contribution in [0.15, 0.2) is 24.3 Å². The van der Waals surface area contributed by atoms with Gasteiger partial charge in [0.1, 0.15) is 5.75 Å². The van der Waals surface area contributed by atoms with Gasteiger partial charge in [-0.15, -0.1) is 0 Å². The summed E-state index contributed by atoms with van der Waals surface area (Å²) in [5, 5.41) is 3.17. The third-order valence-corrected chi connectivity index (χ3v) is 6.64. The predicted octanol–water partition coefficient (Wildman–Crippen LogP) is 2.43. The zero-order chi connectivity index (χ0) is 19.5. The van der Waals surface area contributed by atoms with Crippen LogP contribution in [0.2, 0.25) is 0 Å². The standard InChI is InChI=1S/C22H31N3O3/c1-28-20-10-3-2-9-19(20)25-15-17(13-21(25)26)22(27)23-14-16-7-6-12-24-11-5-4-8-18(16)24/h2-3,9-10,16-18H,4-8,11-15H2,1H3,(H,23,27)/t16-,17?,18+/m0/s1. The molecule has 28 heavy (non-hydrogen) atoms. The number of hydrogen-bond donors (Lipinski definition) is 1. The van der Waals surface area contributed by atoms with Crippen LogP contribution in [0.5, 0.6) is 5.75 Å². The first-order chi connectivity index (χ1) is 13.7. The van der Waals surface area contributed by atoms with Crippen molar-refractivity contribution in [2.45, 2.75) is 44.6 Å². The minimum atomic E-state index is -0.288. The first-order valence-electron chi connectivity index (χ1n) is 10.6. The summed E-state index contributed by atoms with van der Waals surface area (Å²) in [5.41, 5.74) is 0.746. The second kappa shape index (κ2) is 8.52. The zero-order valence-corrected chi connectivity index (χ0v) is 16.7. The van der Waals surface area contributed by atoms with Gasteiger partial charge < -0.3 is 19.9 Å². The Balaban J connectivity index is 1.35. The van der Waals surface area contributed by atoms with Gasteiger partial charge in [-0.3, -0.25) is 9.59 Å². The minimum Gasteiger partial charge on any atom is -0.495 e. The normalized spacial score (nSPS) is 28.1. The van der Waals surface area contributed by atoms with Crippen molar-refractivity contribution >= 4 is 17.5 Å². The van der Waals surface area contributed by atoms with Crippen molar-refractivity contribution in [3.63, 3.8) is 0 Å². The van der Waals surface area contributed by atoms with E-state index in [1.54, 1.807) is 12.0 Å². The smallest absolute Gasteiger partial charge is 0.227 e. The quantitative estimate of drug-likeness (QED) is 0.846. The average molecular weight is 386 g/mol. The van der Waals surface area contributed by atoms with Crippen LogP contribution >= 0.6 is 0 Å². The summed E-state index contributed by atoms with van der Waals surface area (Å²) < 4.78 is 5.38. The SMILES string of the molecule is COc1ccccc1N1CC(C(=O)NC[C@@H]2CCCN3CCCC[C@H]23)CC1=O. The van der Waals surface area contributed by atoms with E-state index in [2.05, 4.69) is 10.2 Å². The molecule has 4 rings (SSSR count). The molecule has 152 valence electrons. The van der Waals surface area contributed by atoms with E-state index in [9.17, 15) is 9.59 Å². The van der Waals surface area contributed by atoms with E-state index in [1.165, 1.54) is 45.2 Å². The molecule has 1 N–H and O–H groups in total. The number of ether oxygens (including phenoxy) is 1. The molecule has 3 aliphatic rings. The molecule has 0 spiro atoms. The highest BCUT2D eigenvalue weighted by molar-refractivity contribution is 6.01. The number of rotatable bonds is 5. The van der Waals surface area contributed by atoms with Crippen LogP contribution < -0.4 is 15.0 Å². The van der Waals surface area contributed by atoms with E-state index in [0.717, 1.165) is 12.2 Å². The van der Waals surface area contributed by atoms with E-state index < -0.39 is 0 Å². The number of carbonyl (C=O) groups is 2. The molecule has 3 aliphatic heterocycles. The lowest BCUT2D eigenvalue weighted by molar-refractivity contribution is -0.126. The Labute approximate surface area is 167 Å². The van der Waals surface area contributed by atoms with Gasteiger partial charge in [0.15, 0.2) is 0 Å². The first-order valence-corrected chi connectivity index (χ1v) is 10.6. The van der Waals surface area contributed by atoms with Crippen LogP contribution in [0.4, 0.5) is 5.69 Å². The van der Waals surface area contributed by atoms with Crippen LogP contribution in [0.3, 0.4) is 0 Å². The second-order valence-electron chi connectivity index (χ2n) is 8.32. The fourth-order valence-electron chi connectivity index (χ4n) is 5.16. The van der Waals surface area contributed by atoms with Crippen molar-refractivity contribution in [2.24, 2.45) is 11.8 Å². The summed E-state index contributed by atoms with van der Waals surface area (Å²) in [7, 11) is 1.60. The molecule has 1 unspecified atom stereocenters. The molecular formula is C22H31N3O3. The number of para-hydroxylation sites is 2. The molecule has 3 saturated heterocycles. The van der Waals surface area contributed by atoms with Gasteiger partial charge in [0.2, 0.25) is 11.8 Å². The Morgan fingerprint density at radius 2 is 2.00 bits per heavy atom. The third-order valence-electron chi connectivity index (χ3n) is 6.64. The summed E-state index contributed by atoms with van der Waals surface area (Å²) >= 11 is 0. The molecule has 1 aromatic carbocycles. The van der Waals surface area contributed by atoms with Crippen molar-refractivity contribution in [1.29, 1.82) is 0 Å². The molecule has 1 aromatic rings. The summed E-state index contributed by atoms with van der Waals surface area (Å²) in [4.78, 5) is 29.6.